The first kappa shape index (κ1) is 26.5. The largest absolute Gasteiger partial charge is 0.434 e. The number of para-hydroxylation sites is 1. The van der Waals surface area contributed by atoms with Gasteiger partial charge in [-0.1, -0.05) is 24.3 Å². The normalized spacial score (nSPS) is 10.9. The lowest BCUT2D eigenvalue weighted by atomic mass is 10.2. The van der Waals surface area contributed by atoms with E-state index in [1.807, 2.05) is 25.1 Å². The van der Waals surface area contributed by atoms with Crippen LogP contribution in [0.2, 0.25) is 0 Å². The molecule has 170 valence electrons. The molecule has 0 saturated heterocycles. The summed E-state index contributed by atoms with van der Waals surface area (Å²) in [5.41, 5.74) is 1.44. The van der Waals surface area contributed by atoms with Gasteiger partial charge in [-0.15, -0.1) is 24.0 Å². The maximum absolute atomic E-state index is 12.5. The number of halogens is 3. The summed E-state index contributed by atoms with van der Waals surface area (Å²) in [5, 5.41) is 6.01. The van der Waals surface area contributed by atoms with Crippen molar-refractivity contribution >= 4 is 35.8 Å². The topological polar surface area (TPSA) is 78.9 Å². The molecule has 0 aliphatic heterocycles. The third-order valence-electron chi connectivity index (χ3n) is 4.20. The van der Waals surface area contributed by atoms with Crippen LogP contribution in [0.25, 0.3) is 0 Å². The number of amides is 1. The van der Waals surface area contributed by atoms with Crippen molar-refractivity contribution in [1.29, 1.82) is 0 Å². The molecule has 0 aliphatic rings. The second kappa shape index (κ2) is 14.5. The van der Waals surface area contributed by atoms with Crippen molar-refractivity contribution in [3.63, 3.8) is 0 Å². The SMILES string of the molecule is CCNC(=NCc1ccccc1OC(F)F)NCC(=O)N(C)CCc1ccccn1.I. The highest BCUT2D eigenvalue weighted by molar-refractivity contribution is 14.0. The van der Waals surface area contributed by atoms with Gasteiger partial charge in [0, 0.05) is 44.0 Å². The van der Waals surface area contributed by atoms with Crippen LogP contribution in [0.5, 0.6) is 5.75 Å². The van der Waals surface area contributed by atoms with Crippen molar-refractivity contribution in [2.75, 3.05) is 26.7 Å². The summed E-state index contributed by atoms with van der Waals surface area (Å²) < 4.78 is 29.6. The molecular formula is C21H28F2IN5O2. The lowest BCUT2D eigenvalue weighted by Crippen LogP contribution is -2.44. The van der Waals surface area contributed by atoms with E-state index in [1.165, 1.54) is 6.07 Å². The van der Waals surface area contributed by atoms with E-state index in [9.17, 15) is 13.6 Å². The summed E-state index contributed by atoms with van der Waals surface area (Å²) in [6.45, 7) is 0.308. The van der Waals surface area contributed by atoms with Crippen molar-refractivity contribution in [2.24, 2.45) is 4.99 Å². The zero-order chi connectivity index (χ0) is 21.8. The van der Waals surface area contributed by atoms with E-state index >= 15 is 0 Å². The minimum atomic E-state index is -2.90. The number of aromatic nitrogens is 1. The first-order valence-corrected chi connectivity index (χ1v) is 9.68. The lowest BCUT2D eigenvalue weighted by Gasteiger charge is -2.18. The fraction of sp³-hybridized carbons (Fsp3) is 0.381. The number of hydrogen-bond donors (Lipinski definition) is 2. The van der Waals surface area contributed by atoms with E-state index in [4.69, 9.17) is 0 Å². The Morgan fingerprint density at radius 2 is 1.94 bits per heavy atom. The number of guanidine groups is 1. The molecule has 1 aromatic carbocycles. The van der Waals surface area contributed by atoms with E-state index in [0.717, 1.165) is 5.69 Å². The number of hydrogen-bond acceptors (Lipinski definition) is 4. The highest BCUT2D eigenvalue weighted by Gasteiger charge is 2.11. The average Bonchev–Trinajstić information content (AvgIpc) is 2.75. The number of nitrogens with zero attached hydrogens (tertiary/aromatic N) is 3. The monoisotopic (exact) mass is 547 g/mol. The number of benzene rings is 1. The third kappa shape index (κ3) is 9.90. The van der Waals surface area contributed by atoms with Gasteiger partial charge in [0.25, 0.3) is 0 Å². The Bertz CT molecular complexity index is 824. The molecule has 1 amide bonds. The first-order chi connectivity index (χ1) is 14.5. The van der Waals surface area contributed by atoms with Gasteiger partial charge in [0.1, 0.15) is 5.75 Å². The van der Waals surface area contributed by atoms with Gasteiger partial charge in [-0.25, -0.2) is 4.99 Å². The summed E-state index contributed by atoms with van der Waals surface area (Å²) in [6.07, 6.45) is 2.39. The highest BCUT2D eigenvalue weighted by atomic mass is 127. The van der Waals surface area contributed by atoms with Gasteiger partial charge < -0.3 is 20.3 Å². The van der Waals surface area contributed by atoms with Gasteiger partial charge in [0.05, 0.1) is 13.1 Å². The maximum Gasteiger partial charge on any atom is 0.387 e. The quantitative estimate of drug-likeness (QED) is 0.272. The number of likely N-dealkylation sites (N-methyl/N-ethyl adjacent to an activating group) is 1. The van der Waals surface area contributed by atoms with E-state index in [-0.39, 0.29) is 48.7 Å². The number of carbonyl (C=O) groups excluding carboxylic acids is 1. The van der Waals surface area contributed by atoms with Gasteiger partial charge in [-0.3, -0.25) is 9.78 Å². The first-order valence-electron chi connectivity index (χ1n) is 9.68. The Kier molecular flexibility index (Phi) is 12.4. The van der Waals surface area contributed by atoms with Crippen LogP contribution in [0.3, 0.4) is 0 Å². The molecule has 2 aromatic rings. The lowest BCUT2D eigenvalue weighted by molar-refractivity contribution is -0.128. The molecular weight excluding hydrogens is 519 g/mol. The van der Waals surface area contributed by atoms with E-state index < -0.39 is 6.61 Å². The van der Waals surface area contributed by atoms with Gasteiger partial charge in [-0.2, -0.15) is 8.78 Å². The molecule has 0 aliphatic carbocycles. The minimum Gasteiger partial charge on any atom is -0.434 e. The molecule has 0 spiro atoms. The van der Waals surface area contributed by atoms with Crippen LogP contribution in [-0.4, -0.2) is 55.0 Å². The summed E-state index contributed by atoms with van der Waals surface area (Å²) in [6, 6.07) is 12.2. The van der Waals surface area contributed by atoms with E-state index in [1.54, 1.807) is 36.3 Å². The van der Waals surface area contributed by atoms with Gasteiger partial charge >= 0.3 is 6.61 Å². The molecule has 0 unspecified atom stereocenters. The average molecular weight is 547 g/mol. The number of rotatable bonds is 10. The molecule has 2 rings (SSSR count). The summed E-state index contributed by atoms with van der Waals surface area (Å²) >= 11 is 0. The van der Waals surface area contributed by atoms with Gasteiger partial charge in [0.2, 0.25) is 5.91 Å². The van der Waals surface area contributed by atoms with Crippen molar-refractivity contribution in [2.45, 2.75) is 26.5 Å². The Hall–Kier alpha value is -2.50. The Labute approximate surface area is 198 Å². The summed E-state index contributed by atoms with van der Waals surface area (Å²) in [4.78, 5) is 22.6. The summed E-state index contributed by atoms with van der Waals surface area (Å²) in [7, 11) is 1.73. The predicted molar refractivity (Wildman–Crippen MR) is 127 cm³/mol. The molecule has 0 atom stereocenters. The fourth-order valence-corrected chi connectivity index (χ4v) is 2.60. The molecule has 1 heterocycles. The van der Waals surface area contributed by atoms with Crippen molar-refractivity contribution in [3.05, 3.63) is 59.9 Å². The van der Waals surface area contributed by atoms with Crippen molar-refractivity contribution in [3.8, 4) is 5.75 Å². The Balaban J connectivity index is 0.00000480. The number of alkyl halides is 2. The molecule has 2 N–H and O–H groups in total. The number of pyridine rings is 1. The van der Waals surface area contributed by atoms with Gasteiger partial charge in [-0.05, 0) is 25.1 Å². The van der Waals surface area contributed by atoms with Crippen LogP contribution in [-0.2, 0) is 17.8 Å². The van der Waals surface area contributed by atoms with Gasteiger partial charge in [0.15, 0.2) is 5.96 Å². The number of carbonyl (C=O) groups is 1. The van der Waals surface area contributed by atoms with E-state index in [0.29, 0.717) is 31.0 Å². The Morgan fingerprint density at radius 1 is 1.19 bits per heavy atom. The summed E-state index contributed by atoms with van der Waals surface area (Å²) in [5.74, 6) is 0.395. The molecule has 10 heteroatoms. The molecule has 0 saturated carbocycles. The van der Waals surface area contributed by atoms with Crippen LogP contribution in [0, 0.1) is 0 Å². The standard InChI is InChI=1S/C21H27F2N5O2.HI/c1-3-24-21(26-14-16-8-4-5-10-18(16)30-20(22)23)27-15-19(29)28(2)13-11-17-9-6-7-12-25-17;/h4-10,12,20H,3,11,13-15H2,1-2H3,(H2,24,26,27);1H. The van der Waals surface area contributed by atoms with Crippen molar-refractivity contribution in [1.82, 2.24) is 20.5 Å². The number of nitrogens with one attached hydrogen (secondary N) is 2. The molecule has 0 bridgehead atoms. The van der Waals surface area contributed by atoms with Crippen molar-refractivity contribution < 1.29 is 18.3 Å². The molecule has 31 heavy (non-hydrogen) atoms. The zero-order valence-electron chi connectivity index (χ0n) is 17.6. The van der Waals surface area contributed by atoms with Crippen LogP contribution in [0.4, 0.5) is 8.78 Å². The second-order valence-corrected chi connectivity index (χ2v) is 6.42. The van der Waals surface area contributed by atoms with Crippen LogP contribution >= 0.6 is 24.0 Å². The molecule has 1 aromatic heterocycles. The van der Waals surface area contributed by atoms with Crippen LogP contribution in [0.15, 0.2) is 53.7 Å². The third-order valence-corrected chi connectivity index (χ3v) is 4.20. The molecule has 0 fully saturated rings. The number of aliphatic imine (C=N–C) groups is 1. The number of ether oxygens (including phenoxy) is 1. The highest BCUT2D eigenvalue weighted by Crippen LogP contribution is 2.20. The second-order valence-electron chi connectivity index (χ2n) is 6.42. The van der Waals surface area contributed by atoms with Crippen LogP contribution < -0.4 is 15.4 Å². The zero-order valence-corrected chi connectivity index (χ0v) is 19.9. The predicted octanol–water partition coefficient (Wildman–Crippen LogP) is 3.06. The van der Waals surface area contributed by atoms with Crippen LogP contribution in [0.1, 0.15) is 18.2 Å². The molecule has 7 nitrogen and oxygen atoms in total. The molecule has 0 radical (unpaired) electrons. The Morgan fingerprint density at radius 3 is 2.61 bits per heavy atom. The minimum absolute atomic E-state index is 0. The smallest absolute Gasteiger partial charge is 0.387 e. The van der Waals surface area contributed by atoms with E-state index in [2.05, 4.69) is 25.3 Å². The fourth-order valence-electron chi connectivity index (χ4n) is 2.60. The maximum atomic E-state index is 12.5.